The van der Waals surface area contributed by atoms with Gasteiger partial charge in [0.2, 0.25) is 5.54 Å². The van der Waals surface area contributed by atoms with E-state index in [1.54, 1.807) is 24.3 Å². The zero-order valence-electron chi connectivity index (χ0n) is 17.2. The first-order chi connectivity index (χ1) is 14.8. The van der Waals surface area contributed by atoms with Crippen molar-refractivity contribution in [2.75, 3.05) is 13.7 Å². The lowest BCUT2D eigenvalue weighted by Crippen LogP contribution is -2.54. The molecule has 0 aliphatic carbocycles. The molecule has 2 aliphatic rings. The van der Waals surface area contributed by atoms with Crippen LogP contribution >= 0.6 is 0 Å². The van der Waals surface area contributed by atoms with Crippen LogP contribution in [0.1, 0.15) is 40.0 Å². The second kappa shape index (κ2) is 7.78. The van der Waals surface area contributed by atoms with Crippen LogP contribution < -0.4 is 21.1 Å². The Hall–Kier alpha value is -3.83. The Morgan fingerprint density at radius 1 is 1.19 bits per heavy atom. The highest BCUT2D eigenvalue weighted by atomic mass is 16.5. The molecule has 2 aromatic rings. The second-order valence-electron chi connectivity index (χ2n) is 7.66. The van der Waals surface area contributed by atoms with Crippen LogP contribution in [0, 0.1) is 11.8 Å². The number of nitrogens with two attached hydrogens (primary N) is 1. The first-order valence-electron chi connectivity index (χ1n) is 9.80. The number of imide groups is 1. The van der Waals surface area contributed by atoms with E-state index in [2.05, 4.69) is 22.5 Å². The van der Waals surface area contributed by atoms with Crippen LogP contribution in [0.2, 0.25) is 0 Å². The van der Waals surface area contributed by atoms with Crippen LogP contribution in [-0.4, -0.2) is 41.9 Å². The van der Waals surface area contributed by atoms with Gasteiger partial charge in [-0.3, -0.25) is 14.9 Å². The number of nitrogens with zero attached hydrogens (tertiary/aromatic N) is 1. The third-order valence-electron chi connectivity index (χ3n) is 5.42. The minimum absolute atomic E-state index is 0.0781. The van der Waals surface area contributed by atoms with Gasteiger partial charge in [-0.05, 0) is 42.3 Å². The van der Waals surface area contributed by atoms with E-state index in [1.807, 2.05) is 25.1 Å². The lowest BCUT2D eigenvalue weighted by Gasteiger charge is -2.26. The fraction of sp³-hybridized carbons (Fsp3) is 0.261. The number of ether oxygens (including phenoxy) is 1. The van der Waals surface area contributed by atoms with Gasteiger partial charge in [-0.25, -0.2) is 4.79 Å². The van der Waals surface area contributed by atoms with E-state index < -0.39 is 17.5 Å². The number of hydrogen-bond acceptors (Lipinski definition) is 5. The molecule has 2 aliphatic heterocycles. The fourth-order valence-electron chi connectivity index (χ4n) is 3.66. The van der Waals surface area contributed by atoms with Crippen LogP contribution in [0.5, 0.6) is 5.75 Å². The molecule has 1 saturated heterocycles. The summed E-state index contributed by atoms with van der Waals surface area (Å²) in [6.07, 6.45) is 0. The van der Waals surface area contributed by atoms with Crippen molar-refractivity contribution < 1.29 is 19.1 Å². The van der Waals surface area contributed by atoms with Gasteiger partial charge in [-0.2, -0.15) is 0 Å². The summed E-state index contributed by atoms with van der Waals surface area (Å²) in [6, 6.07) is 11.9. The van der Waals surface area contributed by atoms with Crippen LogP contribution in [0.4, 0.5) is 4.79 Å². The lowest BCUT2D eigenvalue weighted by atomic mass is 9.98. The molecule has 4 amide bonds. The van der Waals surface area contributed by atoms with Crippen LogP contribution in [0.15, 0.2) is 42.5 Å². The molecule has 0 unspecified atom stereocenters. The average molecular weight is 418 g/mol. The largest absolute Gasteiger partial charge is 0.497 e. The number of fused-ring (bicyclic) bond motifs is 1. The van der Waals surface area contributed by atoms with Crippen molar-refractivity contribution in [1.82, 2.24) is 15.5 Å². The number of rotatable bonds is 4. The molecule has 2 heterocycles. The molecule has 0 bridgehead atoms. The van der Waals surface area contributed by atoms with Gasteiger partial charge < -0.3 is 20.7 Å². The minimum atomic E-state index is -1.54. The van der Waals surface area contributed by atoms with Crippen molar-refractivity contribution in [3.8, 4) is 17.6 Å². The number of benzene rings is 2. The molecule has 158 valence electrons. The van der Waals surface area contributed by atoms with Crippen molar-refractivity contribution >= 4 is 17.8 Å². The van der Waals surface area contributed by atoms with Gasteiger partial charge in [-0.1, -0.05) is 30.0 Å². The third kappa shape index (κ3) is 3.83. The monoisotopic (exact) mass is 418 g/mol. The summed E-state index contributed by atoms with van der Waals surface area (Å²) >= 11 is 0. The molecular weight excluding hydrogens is 396 g/mol. The maximum absolute atomic E-state index is 12.9. The fourth-order valence-corrected chi connectivity index (χ4v) is 3.66. The smallest absolute Gasteiger partial charge is 0.323 e. The summed E-state index contributed by atoms with van der Waals surface area (Å²) < 4.78 is 5.20. The normalized spacial score (nSPS) is 20.5. The van der Waals surface area contributed by atoms with Crippen molar-refractivity contribution in [3.63, 3.8) is 0 Å². The average Bonchev–Trinajstić information content (AvgIpc) is 3.21. The summed E-state index contributed by atoms with van der Waals surface area (Å²) in [5.74, 6) is 5.59. The van der Waals surface area contributed by atoms with Crippen LogP contribution in [0.25, 0.3) is 0 Å². The Labute approximate surface area is 179 Å². The van der Waals surface area contributed by atoms with Crippen LogP contribution in [-0.2, 0) is 11.3 Å². The highest BCUT2D eigenvalue weighted by Crippen LogP contribution is 2.28. The van der Waals surface area contributed by atoms with Crippen LogP contribution in [0.3, 0.4) is 0 Å². The summed E-state index contributed by atoms with van der Waals surface area (Å²) in [5.41, 5.74) is 7.29. The third-order valence-corrected chi connectivity index (χ3v) is 5.42. The van der Waals surface area contributed by atoms with Crippen molar-refractivity contribution in [2.24, 2.45) is 5.73 Å². The van der Waals surface area contributed by atoms with Gasteiger partial charge in [0.15, 0.2) is 0 Å². The summed E-state index contributed by atoms with van der Waals surface area (Å²) in [4.78, 5) is 39.0. The van der Waals surface area contributed by atoms with E-state index in [1.165, 1.54) is 12.0 Å². The molecule has 0 spiro atoms. The van der Waals surface area contributed by atoms with E-state index in [4.69, 9.17) is 10.5 Å². The van der Waals surface area contributed by atoms with Gasteiger partial charge in [0.25, 0.3) is 11.8 Å². The molecule has 1 fully saturated rings. The van der Waals surface area contributed by atoms with E-state index in [0.29, 0.717) is 23.4 Å². The van der Waals surface area contributed by atoms with E-state index >= 15 is 0 Å². The predicted molar refractivity (Wildman–Crippen MR) is 113 cm³/mol. The molecule has 4 N–H and O–H groups in total. The van der Waals surface area contributed by atoms with Gasteiger partial charge in [0, 0.05) is 23.7 Å². The Bertz CT molecular complexity index is 1130. The maximum atomic E-state index is 12.9. The summed E-state index contributed by atoms with van der Waals surface area (Å²) in [5, 5.41) is 4.83. The van der Waals surface area contributed by atoms with Crippen molar-refractivity contribution in [1.29, 1.82) is 0 Å². The zero-order chi connectivity index (χ0) is 22.2. The first-order valence-corrected chi connectivity index (χ1v) is 9.80. The number of nitrogens with one attached hydrogen (secondary N) is 2. The lowest BCUT2D eigenvalue weighted by molar-refractivity contribution is -0.122. The molecule has 0 saturated carbocycles. The molecular formula is C23H22N4O4. The van der Waals surface area contributed by atoms with Gasteiger partial charge in [-0.15, -0.1) is 0 Å². The highest BCUT2D eigenvalue weighted by Gasteiger charge is 2.48. The van der Waals surface area contributed by atoms with Crippen molar-refractivity contribution in [2.45, 2.75) is 25.0 Å². The quantitative estimate of drug-likeness (QED) is 0.512. The number of carbonyl (C=O) groups excluding carboxylic acids is 3. The molecule has 8 nitrogen and oxygen atoms in total. The van der Waals surface area contributed by atoms with Gasteiger partial charge in [0.05, 0.1) is 13.7 Å². The van der Waals surface area contributed by atoms with E-state index in [9.17, 15) is 14.4 Å². The summed E-state index contributed by atoms with van der Waals surface area (Å²) in [7, 11) is 1.53. The van der Waals surface area contributed by atoms with Crippen molar-refractivity contribution in [3.05, 3.63) is 64.7 Å². The number of amides is 4. The molecule has 2 aromatic carbocycles. The zero-order valence-corrected chi connectivity index (χ0v) is 17.2. The minimum Gasteiger partial charge on any atom is -0.497 e. The second-order valence-corrected chi connectivity index (χ2v) is 7.66. The molecule has 8 heteroatoms. The Morgan fingerprint density at radius 2 is 1.94 bits per heavy atom. The van der Waals surface area contributed by atoms with E-state index in [0.717, 1.165) is 11.1 Å². The molecule has 31 heavy (non-hydrogen) atoms. The standard InChI is InChI=1S/C23H22N4O4/c1-14(24)16-5-3-15(4-6-16)9-10-23(21(29)25-22(30)26-23)13-27-12-17-7-8-18(31-2)11-19(17)20(27)28/h3-8,11,14H,12-13,24H2,1-2H3,(H2,25,26,29,30)/t14-,23+/m0/s1. The Balaban J connectivity index is 1.62. The molecule has 2 atom stereocenters. The van der Waals surface area contributed by atoms with Gasteiger partial charge >= 0.3 is 6.03 Å². The van der Waals surface area contributed by atoms with E-state index in [-0.39, 0.29) is 18.5 Å². The Morgan fingerprint density at radius 3 is 2.55 bits per heavy atom. The maximum Gasteiger partial charge on any atom is 0.323 e. The molecule has 0 aromatic heterocycles. The predicted octanol–water partition coefficient (Wildman–Crippen LogP) is 1.30. The number of hydrogen-bond donors (Lipinski definition) is 3. The number of urea groups is 1. The van der Waals surface area contributed by atoms with Gasteiger partial charge in [0.1, 0.15) is 5.75 Å². The first kappa shape index (κ1) is 20.4. The SMILES string of the molecule is COc1ccc2c(c1)C(=O)N(C[C@@]1(C#Cc3ccc([C@H](C)N)cc3)NC(=O)NC1=O)C2. The number of carbonyl (C=O) groups is 3. The highest BCUT2D eigenvalue weighted by molar-refractivity contribution is 6.10. The number of methoxy groups -OCH3 is 1. The molecule has 4 rings (SSSR count). The Kier molecular flexibility index (Phi) is 5.13. The topological polar surface area (TPSA) is 114 Å². The summed E-state index contributed by atoms with van der Waals surface area (Å²) in [6.45, 7) is 2.12. The molecule has 0 radical (unpaired) electrons.